The molecule has 2 heterocycles. The Morgan fingerprint density at radius 3 is 2.45 bits per heavy atom. The van der Waals surface area contributed by atoms with Crippen LogP contribution in [0.1, 0.15) is 68.6 Å². The van der Waals surface area contributed by atoms with E-state index in [4.69, 9.17) is 14.2 Å². The fourth-order valence-corrected chi connectivity index (χ4v) is 6.17. The summed E-state index contributed by atoms with van der Waals surface area (Å²) in [6, 6.07) is 7.77. The number of nitrogens with zero attached hydrogens (tertiary/aromatic N) is 2. The van der Waals surface area contributed by atoms with Crippen molar-refractivity contribution in [2.75, 3.05) is 13.7 Å². The second-order valence-electron chi connectivity index (χ2n) is 11.5. The van der Waals surface area contributed by atoms with Gasteiger partial charge in [-0.3, -0.25) is 4.79 Å². The van der Waals surface area contributed by atoms with Crippen molar-refractivity contribution < 1.29 is 41.4 Å². The Labute approximate surface area is 228 Å². The number of carbonyl (C=O) groups excluding carboxylic acids is 2. The summed E-state index contributed by atoms with van der Waals surface area (Å²) in [5.41, 5.74) is -1.45. The van der Waals surface area contributed by atoms with E-state index >= 15 is 0 Å². The van der Waals surface area contributed by atoms with Gasteiger partial charge in [0.2, 0.25) is 0 Å². The highest BCUT2D eigenvalue weighted by atomic mass is 19.4. The van der Waals surface area contributed by atoms with Crippen LogP contribution >= 0.6 is 0 Å². The zero-order valence-electron chi connectivity index (χ0n) is 22.5. The summed E-state index contributed by atoms with van der Waals surface area (Å²) in [6.07, 6.45) is -3.13. The van der Waals surface area contributed by atoms with E-state index in [1.807, 2.05) is 0 Å². The first kappa shape index (κ1) is 28.1. The summed E-state index contributed by atoms with van der Waals surface area (Å²) >= 11 is 0. The number of imidazole rings is 1. The molecular weight excluding hydrogens is 532 g/mol. The third-order valence-electron chi connectivity index (χ3n) is 7.78. The van der Waals surface area contributed by atoms with Crippen molar-refractivity contribution >= 4 is 23.1 Å². The number of rotatable bonds is 3. The topological polar surface area (TPSA) is 79.7 Å². The molecule has 3 aromatic rings. The fourth-order valence-electron chi connectivity index (χ4n) is 6.17. The quantitative estimate of drug-likeness (QED) is 0.265. The first-order chi connectivity index (χ1) is 18.7. The summed E-state index contributed by atoms with van der Waals surface area (Å²) in [5, 5.41) is 0. The smallest absolute Gasteiger partial charge is 0.420 e. The van der Waals surface area contributed by atoms with Crippen LogP contribution in [0.25, 0.3) is 11.0 Å². The van der Waals surface area contributed by atoms with Gasteiger partial charge in [-0.15, -0.1) is 0 Å². The molecule has 0 radical (unpaired) electrons. The molecular formula is C29H30F4N2O5. The predicted octanol–water partition coefficient (Wildman–Crippen LogP) is 6.59. The van der Waals surface area contributed by atoms with Crippen molar-refractivity contribution in [2.45, 2.75) is 69.2 Å². The molecule has 0 amide bonds. The number of fused-ring (bicyclic) bond motifs is 1. The van der Waals surface area contributed by atoms with Gasteiger partial charge < -0.3 is 14.2 Å². The number of halogens is 4. The van der Waals surface area contributed by atoms with Crippen molar-refractivity contribution in [1.82, 2.24) is 9.55 Å². The van der Waals surface area contributed by atoms with E-state index in [0.717, 1.165) is 23.0 Å². The lowest BCUT2D eigenvalue weighted by Gasteiger charge is -2.33. The minimum Gasteiger partial charge on any atom is -0.469 e. The summed E-state index contributed by atoms with van der Waals surface area (Å²) < 4.78 is 73.6. The summed E-state index contributed by atoms with van der Waals surface area (Å²) in [5.74, 6) is -2.39. The summed E-state index contributed by atoms with van der Waals surface area (Å²) in [7, 11) is 1.30. The molecule has 1 aliphatic heterocycles. The largest absolute Gasteiger partial charge is 0.469 e. The molecule has 40 heavy (non-hydrogen) atoms. The number of carbonyl (C=O) groups is 2. The van der Waals surface area contributed by atoms with Crippen molar-refractivity contribution in [1.29, 1.82) is 0 Å². The number of methoxy groups -OCH3 is 1. The van der Waals surface area contributed by atoms with Crippen molar-refractivity contribution in [3.63, 3.8) is 0 Å². The Balaban J connectivity index is 1.57. The van der Waals surface area contributed by atoms with Gasteiger partial charge in [0, 0.05) is 11.8 Å². The van der Waals surface area contributed by atoms with Crippen LogP contribution in [0, 0.1) is 11.7 Å². The zero-order chi connectivity index (χ0) is 29.0. The number of hydrogen-bond acceptors (Lipinski definition) is 6. The number of alkyl halides is 3. The SMILES string of the molecule is COC(=O)[C@H]1CC[C@@]2(CC(c3cc(C(F)(F)F)cc4c3ncn4C(=O)OC(C)(C)C)CO2)[C@@H]1c1ccc(F)cc1. The third kappa shape index (κ3) is 5.07. The van der Waals surface area contributed by atoms with Crippen LogP contribution in [0.4, 0.5) is 22.4 Å². The van der Waals surface area contributed by atoms with E-state index in [-0.39, 0.29) is 17.6 Å². The number of benzene rings is 2. The molecule has 5 rings (SSSR count). The lowest BCUT2D eigenvalue weighted by molar-refractivity contribution is -0.147. The third-order valence-corrected chi connectivity index (χ3v) is 7.78. The molecule has 1 saturated carbocycles. The van der Waals surface area contributed by atoms with E-state index in [9.17, 15) is 27.2 Å². The van der Waals surface area contributed by atoms with E-state index < -0.39 is 58.6 Å². The van der Waals surface area contributed by atoms with Gasteiger partial charge in [0.1, 0.15) is 17.7 Å². The average Bonchev–Trinajstić information content (AvgIpc) is 3.59. The Morgan fingerprint density at radius 2 is 1.82 bits per heavy atom. The maximum Gasteiger partial charge on any atom is 0.420 e. The van der Waals surface area contributed by atoms with Gasteiger partial charge in [-0.1, -0.05) is 12.1 Å². The zero-order valence-corrected chi connectivity index (χ0v) is 22.5. The highest BCUT2D eigenvalue weighted by Crippen LogP contribution is 2.57. The van der Waals surface area contributed by atoms with E-state index in [0.29, 0.717) is 30.4 Å². The van der Waals surface area contributed by atoms with Crippen LogP contribution in [0.15, 0.2) is 42.7 Å². The standard InChI is InChI=1S/C29H30F4N2O5/c1-27(2,3)40-26(37)35-15-34-24-21(11-18(12-22(24)35)29(31,32)33)17-13-28(39-14-17)10-9-20(25(36)38-4)23(28)16-5-7-19(30)8-6-16/h5-8,11-12,15,17,20,23H,9-10,13-14H2,1-4H3/t17?,20-,23+,28+/m0/s1. The number of esters is 1. The van der Waals surface area contributed by atoms with Crippen molar-refractivity contribution in [2.24, 2.45) is 5.92 Å². The molecule has 2 fully saturated rings. The molecule has 1 aromatic heterocycles. The van der Waals surface area contributed by atoms with Gasteiger partial charge in [0.25, 0.3) is 0 Å². The Kier molecular flexibility index (Phi) is 6.92. The molecule has 7 nitrogen and oxygen atoms in total. The highest BCUT2D eigenvalue weighted by molar-refractivity contribution is 5.89. The van der Waals surface area contributed by atoms with Crippen LogP contribution in [-0.4, -0.2) is 46.5 Å². The summed E-state index contributed by atoms with van der Waals surface area (Å²) in [4.78, 5) is 29.8. The van der Waals surface area contributed by atoms with Gasteiger partial charge in [0.05, 0.1) is 41.8 Å². The predicted molar refractivity (Wildman–Crippen MR) is 136 cm³/mol. The molecule has 1 spiro atoms. The van der Waals surface area contributed by atoms with Crippen molar-refractivity contribution in [3.8, 4) is 0 Å². The molecule has 214 valence electrons. The van der Waals surface area contributed by atoms with Crippen LogP contribution < -0.4 is 0 Å². The van der Waals surface area contributed by atoms with Gasteiger partial charge in [-0.2, -0.15) is 13.2 Å². The Bertz CT molecular complexity index is 1440. The minimum atomic E-state index is -4.68. The first-order valence-corrected chi connectivity index (χ1v) is 13.0. The van der Waals surface area contributed by atoms with E-state index in [2.05, 4.69) is 4.98 Å². The molecule has 2 aromatic carbocycles. The molecule has 1 saturated heterocycles. The fraction of sp³-hybridized carbons (Fsp3) is 0.483. The van der Waals surface area contributed by atoms with E-state index in [1.54, 1.807) is 32.9 Å². The Morgan fingerprint density at radius 1 is 1.12 bits per heavy atom. The number of hydrogen-bond donors (Lipinski definition) is 0. The number of aromatic nitrogens is 2. The van der Waals surface area contributed by atoms with Gasteiger partial charge in [0.15, 0.2) is 0 Å². The summed E-state index contributed by atoms with van der Waals surface area (Å²) in [6.45, 7) is 5.06. The molecule has 0 bridgehead atoms. The molecule has 11 heteroatoms. The van der Waals surface area contributed by atoms with Crippen LogP contribution in [0.2, 0.25) is 0 Å². The van der Waals surface area contributed by atoms with Gasteiger partial charge in [-0.05, 0) is 75.4 Å². The molecule has 2 aliphatic rings. The minimum absolute atomic E-state index is 0.0195. The van der Waals surface area contributed by atoms with Crippen molar-refractivity contribution in [3.05, 3.63) is 65.2 Å². The lowest BCUT2D eigenvalue weighted by atomic mass is 9.76. The average molecular weight is 563 g/mol. The second-order valence-corrected chi connectivity index (χ2v) is 11.5. The second kappa shape index (κ2) is 9.87. The lowest BCUT2D eigenvalue weighted by Crippen LogP contribution is -2.35. The maximum atomic E-state index is 14.0. The van der Waals surface area contributed by atoms with Crippen LogP contribution in [0.5, 0.6) is 0 Å². The maximum absolute atomic E-state index is 14.0. The Hall–Kier alpha value is -3.47. The molecule has 1 aliphatic carbocycles. The molecule has 4 atom stereocenters. The van der Waals surface area contributed by atoms with E-state index in [1.165, 1.54) is 19.2 Å². The first-order valence-electron chi connectivity index (χ1n) is 13.0. The van der Waals surface area contributed by atoms with Gasteiger partial charge >= 0.3 is 18.2 Å². The molecule has 0 N–H and O–H groups in total. The van der Waals surface area contributed by atoms with Crippen LogP contribution in [0.3, 0.4) is 0 Å². The monoisotopic (exact) mass is 562 g/mol. The van der Waals surface area contributed by atoms with Crippen LogP contribution in [-0.2, 0) is 25.2 Å². The van der Waals surface area contributed by atoms with Gasteiger partial charge in [-0.25, -0.2) is 18.7 Å². The normalized spacial score (nSPS) is 25.1. The highest BCUT2D eigenvalue weighted by Gasteiger charge is 2.57. The number of ether oxygens (including phenoxy) is 3. The molecule has 1 unspecified atom stereocenters.